The van der Waals surface area contributed by atoms with Gasteiger partial charge in [0, 0.05) is 11.4 Å². The molecule has 1 aromatic carbocycles. The van der Waals surface area contributed by atoms with E-state index in [4.69, 9.17) is 4.74 Å². The molecular weight excluding hydrogens is 318 g/mol. The van der Waals surface area contributed by atoms with Crippen LogP contribution >= 0.6 is 15.9 Å². The normalized spacial score (nSPS) is 22.3. The van der Waals surface area contributed by atoms with E-state index in [1.807, 2.05) is 24.3 Å². The molecular formula is C16H22BrNO2. The molecule has 0 aromatic heterocycles. The summed E-state index contributed by atoms with van der Waals surface area (Å²) in [5.41, 5.74) is 1.02. The lowest BCUT2D eigenvalue weighted by Crippen LogP contribution is -2.43. The molecule has 1 aliphatic rings. The van der Waals surface area contributed by atoms with Gasteiger partial charge in [-0.05, 0) is 36.5 Å². The molecule has 0 bridgehead atoms. The number of halogens is 1. The first kappa shape index (κ1) is 15.4. The smallest absolute Gasteiger partial charge is 0.224 e. The summed E-state index contributed by atoms with van der Waals surface area (Å²) >= 11 is 3.56. The topological polar surface area (TPSA) is 38.3 Å². The van der Waals surface area contributed by atoms with Crippen LogP contribution in [0.5, 0.6) is 5.75 Å². The number of hydrogen-bond donors (Lipinski definition) is 1. The van der Waals surface area contributed by atoms with Crippen molar-refractivity contribution < 1.29 is 9.53 Å². The molecule has 0 saturated heterocycles. The van der Waals surface area contributed by atoms with E-state index in [-0.39, 0.29) is 5.91 Å². The fourth-order valence-electron chi connectivity index (χ4n) is 2.77. The van der Waals surface area contributed by atoms with Crippen LogP contribution in [0.2, 0.25) is 0 Å². The average Bonchev–Trinajstić information content (AvgIpc) is 2.48. The van der Waals surface area contributed by atoms with Crippen LogP contribution in [-0.2, 0) is 11.2 Å². The molecule has 2 rings (SSSR count). The Balaban J connectivity index is 1.87. The zero-order valence-corrected chi connectivity index (χ0v) is 13.5. The summed E-state index contributed by atoms with van der Waals surface area (Å²) in [6, 6.07) is 8.01. The summed E-state index contributed by atoms with van der Waals surface area (Å²) in [5, 5.41) is 4.17. The highest BCUT2D eigenvalue weighted by molar-refractivity contribution is 9.09. The lowest BCUT2D eigenvalue weighted by Gasteiger charge is -2.31. The van der Waals surface area contributed by atoms with Crippen LogP contribution in [0.1, 0.15) is 31.2 Å². The van der Waals surface area contributed by atoms with Crippen molar-refractivity contribution in [2.45, 2.75) is 38.1 Å². The summed E-state index contributed by atoms with van der Waals surface area (Å²) in [5.74, 6) is 1.51. The molecule has 4 heteroatoms. The predicted molar refractivity (Wildman–Crippen MR) is 84.4 cm³/mol. The summed E-state index contributed by atoms with van der Waals surface area (Å²) in [7, 11) is 1.64. The van der Waals surface area contributed by atoms with Crippen molar-refractivity contribution in [1.29, 1.82) is 0 Å². The minimum Gasteiger partial charge on any atom is -0.497 e. The Hall–Kier alpha value is -1.03. The number of methoxy groups -OCH3 is 1. The largest absolute Gasteiger partial charge is 0.497 e. The Morgan fingerprint density at radius 1 is 1.30 bits per heavy atom. The highest BCUT2D eigenvalue weighted by atomic mass is 79.9. The van der Waals surface area contributed by atoms with Gasteiger partial charge >= 0.3 is 0 Å². The second kappa shape index (κ2) is 7.67. The Bertz CT molecular complexity index is 433. The zero-order valence-electron chi connectivity index (χ0n) is 11.9. The second-order valence-electron chi connectivity index (χ2n) is 5.40. The number of amides is 1. The predicted octanol–water partition coefficient (Wildman–Crippen LogP) is 3.31. The number of benzene rings is 1. The van der Waals surface area contributed by atoms with E-state index in [1.54, 1.807) is 7.11 Å². The van der Waals surface area contributed by atoms with Crippen LogP contribution in [0.3, 0.4) is 0 Å². The molecule has 0 spiro atoms. The average molecular weight is 340 g/mol. The van der Waals surface area contributed by atoms with Crippen molar-refractivity contribution >= 4 is 21.8 Å². The Labute approximate surface area is 129 Å². The van der Waals surface area contributed by atoms with Gasteiger partial charge in [0.2, 0.25) is 5.91 Å². The summed E-state index contributed by atoms with van der Waals surface area (Å²) in [4.78, 5) is 12.1. The minimum absolute atomic E-state index is 0.119. The highest BCUT2D eigenvalue weighted by Gasteiger charge is 2.25. The van der Waals surface area contributed by atoms with E-state index >= 15 is 0 Å². The summed E-state index contributed by atoms with van der Waals surface area (Å²) < 4.78 is 5.12. The number of carbonyl (C=O) groups excluding carboxylic acids is 1. The summed E-state index contributed by atoms with van der Waals surface area (Å²) in [6.45, 7) is 0. The van der Waals surface area contributed by atoms with E-state index in [1.165, 1.54) is 19.3 Å². The van der Waals surface area contributed by atoms with E-state index < -0.39 is 0 Å². The van der Waals surface area contributed by atoms with Gasteiger partial charge in [-0.25, -0.2) is 0 Å². The fraction of sp³-hybridized carbons (Fsp3) is 0.562. The molecule has 1 saturated carbocycles. The third-order valence-electron chi connectivity index (χ3n) is 3.98. The number of hydrogen-bond acceptors (Lipinski definition) is 2. The van der Waals surface area contributed by atoms with E-state index in [9.17, 15) is 4.79 Å². The molecule has 2 atom stereocenters. The molecule has 110 valence electrons. The van der Waals surface area contributed by atoms with Crippen LogP contribution in [0.4, 0.5) is 0 Å². The first-order chi connectivity index (χ1) is 9.72. The van der Waals surface area contributed by atoms with Gasteiger partial charge in [-0.2, -0.15) is 0 Å². The molecule has 1 aliphatic carbocycles. The maximum absolute atomic E-state index is 12.1. The number of alkyl halides is 1. The Kier molecular flexibility index (Phi) is 5.89. The molecule has 0 aliphatic heterocycles. The van der Waals surface area contributed by atoms with Gasteiger partial charge in [-0.15, -0.1) is 0 Å². The summed E-state index contributed by atoms with van der Waals surface area (Å²) in [6.07, 6.45) is 5.25. The van der Waals surface area contributed by atoms with Crippen LogP contribution in [0.15, 0.2) is 24.3 Å². The number of ether oxygens (including phenoxy) is 1. The minimum atomic E-state index is 0.119. The molecule has 1 aromatic rings. The third-order valence-corrected chi connectivity index (χ3v) is 4.81. The van der Waals surface area contributed by atoms with Crippen LogP contribution in [0, 0.1) is 5.92 Å². The molecule has 1 amide bonds. The Morgan fingerprint density at radius 2 is 2.00 bits per heavy atom. The molecule has 1 N–H and O–H groups in total. The van der Waals surface area contributed by atoms with Gasteiger partial charge in [-0.1, -0.05) is 40.9 Å². The van der Waals surface area contributed by atoms with Gasteiger partial charge in [-0.3, -0.25) is 4.79 Å². The SMILES string of the molecule is COc1ccc(CC(=O)NC2CCCCC2CBr)cc1. The number of carbonyl (C=O) groups is 1. The second-order valence-corrected chi connectivity index (χ2v) is 6.05. The lowest BCUT2D eigenvalue weighted by molar-refractivity contribution is -0.121. The standard InChI is InChI=1S/C16H22BrNO2/c1-20-14-8-6-12(7-9-14)10-16(19)18-15-5-3-2-4-13(15)11-17/h6-9,13,15H,2-5,10-11H2,1H3,(H,18,19). The lowest BCUT2D eigenvalue weighted by atomic mass is 9.86. The number of rotatable bonds is 5. The van der Waals surface area contributed by atoms with Gasteiger partial charge < -0.3 is 10.1 Å². The van der Waals surface area contributed by atoms with Crippen molar-refractivity contribution in [3.8, 4) is 5.75 Å². The van der Waals surface area contributed by atoms with Gasteiger partial charge in [0.05, 0.1) is 13.5 Å². The number of nitrogens with one attached hydrogen (secondary N) is 1. The first-order valence-electron chi connectivity index (χ1n) is 7.21. The van der Waals surface area contributed by atoms with E-state index in [0.29, 0.717) is 18.4 Å². The van der Waals surface area contributed by atoms with Crippen molar-refractivity contribution in [3.63, 3.8) is 0 Å². The molecule has 20 heavy (non-hydrogen) atoms. The van der Waals surface area contributed by atoms with E-state index in [2.05, 4.69) is 21.2 Å². The van der Waals surface area contributed by atoms with E-state index in [0.717, 1.165) is 23.1 Å². The monoisotopic (exact) mass is 339 g/mol. The van der Waals surface area contributed by atoms with Gasteiger partial charge in [0.15, 0.2) is 0 Å². The highest BCUT2D eigenvalue weighted by Crippen LogP contribution is 2.26. The molecule has 0 radical (unpaired) electrons. The van der Waals surface area contributed by atoms with Crippen molar-refractivity contribution in [2.75, 3.05) is 12.4 Å². The van der Waals surface area contributed by atoms with Gasteiger partial charge in [0.1, 0.15) is 5.75 Å². The maximum Gasteiger partial charge on any atom is 0.224 e. The van der Waals surface area contributed by atoms with Crippen molar-refractivity contribution in [2.24, 2.45) is 5.92 Å². The molecule has 2 unspecified atom stereocenters. The van der Waals surface area contributed by atoms with Gasteiger partial charge in [0.25, 0.3) is 0 Å². The first-order valence-corrected chi connectivity index (χ1v) is 8.33. The van der Waals surface area contributed by atoms with Crippen LogP contribution < -0.4 is 10.1 Å². The molecule has 0 heterocycles. The van der Waals surface area contributed by atoms with Crippen molar-refractivity contribution in [3.05, 3.63) is 29.8 Å². The maximum atomic E-state index is 12.1. The van der Waals surface area contributed by atoms with Crippen LogP contribution in [-0.4, -0.2) is 24.4 Å². The Morgan fingerprint density at radius 3 is 2.65 bits per heavy atom. The molecule has 1 fully saturated rings. The fourth-order valence-corrected chi connectivity index (χ4v) is 3.54. The molecule has 3 nitrogen and oxygen atoms in total. The zero-order chi connectivity index (χ0) is 14.4. The van der Waals surface area contributed by atoms with Crippen LogP contribution in [0.25, 0.3) is 0 Å². The third kappa shape index (κ3) is 4.23. The van der Waals surface area contributed by atoms with Crippen molar-refractivity contribution in [1.82, 2.24) is 5.32 Å². The quantitative estimate of drug-likeness (QED) is 0.835.